The number of para-hydroxylation sites is 1. The summed E-state index contributed by atoms with van der Waals surface area (Å²) in [4.78, 5) is 4.14. The Morgan fingerprint density at radius 3 is 1.97 bits per heavy atom. The molecule has 0 fully saturated rings. The van der Waals surface area contributed by atoms with Crippen molar-refractivity contribution in [1.29, 1.82) is 0 Å². The molecular weight excluding hydrogens is 512 g/mol. The number of rotatable bonds is 5. The molecule has 0 aliphatic rings. The van der Waals surface area contributed by atoms with E-state index in [1.807, 2.05) is 79.1 Å². The molecule has 0 unspecified atom stereocenters. The van der Waals surface area contributed by atoms with Crippen molar-refractivity contribution in [3.8, 4) is 28.6 Å². The van der Waals surface area contributed by atoms with Gasteiger partial charge in [0.2, 0.25) is 0 Å². The van der Waals surface area contributed by atoms with E-state index in [0.29, 0.717) is 10.8 Å². The fraction of sp³-hybridized carbons (Fsp3) is 0.0645. The van der Waals surface area contributed by atoms with Crippen molar-refractivity contribution in [3.05, 3.63) is 116 Å². The van der Waals surface area contributed by atoms with Gasteiger partial charge in [0.1, 0.15) is 10.7 Å². The van der Waals surface area contributed by atoms with Crippen LogP contribution in [0.3, 0.4) is 0 Å². The molecule has 0 amide bonds. The second-order valence-corrected chi connectivity index (χ2v) is 10.0. The van der Waals surface area contributed by atoms with Gasteiger partial charge >= 0.3 is 0 Å². The van der Waals surface area contributed by atoms with Crippen LogP contribution in [0.4, 0.5) is 0 Å². The zero-order valence-corrected chi connectivity index (χ0v) is 22.2. The Hall–Kier alpha value is -4.66. The lowest BCUT2D eigenvalue weighted by Gasteiger charge is -2.14. The fourth-order valence-electron chi connectivity index (χ4n) is 4.52. The van der Waals surface area contributed by atoms with E-state index >= 15 is 0 Å². The van der Waals surface area contributed by atoms with Gasteiger partial charge in [-0.2, -0.15) is 8.42 Å². The molecule has 8 heteroatoms. The lowest BCUT2D eigenvalue weighted by Crippen LogP contribution is -2.04. The van der Waals surface area contributed by atoms with Crippen molar-refractivity contribution < 1.29 is 22.4 Å². The maximum Gasteiger partial charge on any atom is 0.299 e. The summed E-state index contributed by atoms with van der Waals surface area (Å²) in [6, 6.07) is 33.3. The van der Waals surface area contributed by atoms with Gasteiger partial charge in [-0.1, -0.05) is 72.8 Å². The first-order valence-corrected chi connectivity index (χ1v) is 13.5. The third kappa shape index (κ3) is 5.34. The van der Waals surface area contributed by atoms with Crippen LogP contribution in [0.2, 0.25) is 0 Å². The molecule has 0 spiro atoms. The summed E-state index contributed by atoms with van der Waals surface area (Å²) >= 11 is 0. The van der Waals surface area contributed by atoms with Crippen molar-refractivity contribution >= 4 is 31.7 Å². The Kier molecular flexibility index (Phi) is 7.31. The van der Waals surface area contributed by atoms with Gasteiger partial charge in [-0.15, -0.1) is 0 Å². The molecule has 39 heavy (non-hydrogen) atoms. The highest BCUT2D eigenvalue weighted by molar-refractivity contribution is 7.86. The van der Waals surface area contributed by atoms with Crippen LogP contribution < -0.4 is 9.47 Å². The van der Waals surface area contributed by atoms with E-state index < -0.39 is 10.1 Å². The Morgan fingerprint density at radius 1 is 0.744 bits per heavy atom. The lowest BCUT2D eigenvalue weighted by atomic mass is 10.0. The second-order valence-electron chi connectivity index (χ2n) is 8.66. The molecule has 196 valence electrons. The zero-order valence-electron chi connectivity index (χ0n) is 21.4. The number of fused-ring (bicyclic) bond motifs is 2. The Balaban J connectivity index is 0.000000163. The van der Waals surface area contributed by atoms with E-state index in [1.165, 1.54) is 14.2 Å². The predicted molar refractivity (Wildman–Crippen MR) is 153 cm³/mol. The van der Waals surface area contributed by atoms with Crippen LogP contribution in [-0.2, 0) is 10.1 Å². The smallest absolute Gasteiger partial charge is 0.299 e. The summed E-state index contributed by atoms with van der Waals surface area (Å²) in [7, 11) is -1.73. The third-order valence-electron chi connectivity index (χ3n) is 6.27. The van der Waals surface area contributed by atoms with E-state index in [9.17, 15) is 13.0 Å². The monoisotopic (exact) mass is 538 g/mol. The second kappa shape index (κ2) is 11.0. The predicted octanol–water partition coefficient (Wildman–Crippen LogP) is 6.80. The van der Waals surface area contributed by atoms with Gasteiger partial charge in [-0.25, -0.2) is 4.98 Å². The maximum atomic E-state index is 11.9. The van der Waals surface area contributed by atoms with Gasteiger partial charge in [0.25, 0.3) is 10.1 Å². The maximum absolute atomic E-state index is 11.9. The van der Waals surface area contributed by atoms with E-state index in [2.05, 4.69) is 33.8 Å². The summed E-state index contributed by atoms with van der Waals surface area (Å²) in [5.74, 6) is 1.21. The quantitative estimate of drug-likeness (QED) is 0.192. The number of ether oxygens (including phenoxy) is 2. The summed E-state index contributed by atoms with van der Waals surface area (Å²) in [6.07, 6.45) is 3.81. The number of hydrogen-bond acceptors (Lipinski definition) is 5. The summed E-state index contributed by atoms with van der Waals surface area (Å²) in [5, 5.41) is 2.86. The topological polar surface area (TPSA) is 90.7 Å². The first kappa shape index (κ1) is 26.0. The van der Waals surface area contributed by atoms with E-state index in [4.69, 9.17) is 9.47 Å². The molecule has 1 heterocycles. The number of imidazole rings is 1. The molecule has 7 nitrogen and oxygen atoms in total. The number of nitrogens with zero attached hydrogens (tertiary/aromatic N) is 2. The summed E-state index contributed by atoms with van der Waals surface area (Å²) < 4.78 is 45.8. The molecule has 0 saturated heterocycles. The largest absolute Gasteiger partial charge is 0.493 e. The van der Waals surface area contributed by atoms with Gasteiger partial charge in [-0.3, -0.25) is 9.12 Å². The van der Waals surface area contributed by atoms with Gasteiger partial charge in [0.15, 0.2) is 11.5 Å². The van der Waals surface area contributed by atoms with Gasteiger partial charge in [0.05, 0.1) is 14.2 Å². The first-order valence-electron chi connectivity index (χ1n) is 12.1. The molecule has 0 aliphatic heterocycles. The van der Waals surface area contributed by atoms with Crippen molar-refractivity contribution in [1.82, 2.24) is 9.55 Å². The third-order valence-corrected chi connectivity index (χ3v) is 7.19. The van der Waals surface area contributed by atoms with Crippen LogP contribution in [-0.4, -0.2) is 36.7 Å². The molecule has 0 radical (unpaired) electrons. The fourth-order valence-corrected chi connectivity index (χ4v) is 5.39. The molecule has 5 aromatic carbocycles. The normalized spacial score (nSPS) is 11.2. The highest BCUT2D eigenvalue weighted by atomic mass is 32.2. The molecule has 0 atom stereocenters. The van der Waals surface area contributed by atoms with Gasteiger partial charge < -0.3 is 9.47 Å². The Morgan fingerprint density at radius 2 is 1.36 bits per heavy atom. The Labute approximate surface area is 226 Å². The standard InChI is InChI=1S/C16H14O5S.C15H12N2/c1-20-14-9-12-7-10-5-3-4-6-11(10)8-13(12)16(15(14)21-2)22(17,18)19;1-3-7-13(8-4-1)15-16-11-12-17(15)14-9-5-2-6-10-14/h3-9H,1-2H3,(H,17,18,19);1-12H. The van der Waals surface area contributed by atoms with Crippen LogP contribution in [0.25, 0.3) is 38.6 Å². The number of hydrogen-bond donors (Lipinski definition) is 1. The van der Waals surface area contributed by atoms with Crippen LogP contribution in [0, 0.1) is 0 Å². The minimum atomic E-state index is -4.48. The summed E-state index contributed by atoms with van der Waals surface area (Å²) in [5.41, 5.74) is 2.25. The van der Waals surface area contributed by atoms with Crippen LogP contribution in [0.5, 0.6) is 11.5 Å². The van der Waals surface area contributed by atoms with Crippen LogP contribution in [0.1, 0.15) is 0 Å². The van der Waals surface area contributed by atoms with Gasteiger partial charge in [0, 0.05) is 29.0 Å². The molecule has 0 aliphatic carbocycles. The highest BCUT2D eigenvalue weighted by Crippen LogP contribution is 2.41. The van der Waals surface area contributed by atoms with Crippen molar-refractivity contribution in [2.75, 3.05) is 14.2 Å². The first-order chi connectivity index (χ1) is 18.9. The molecule has 1 N–H and O–H groups in total. The lowest BCUT2D eigenvalue weighted by molar-refractivity contribution is 0.346. The Bertz CT molecular complexity index is 1800. The molecule has 6 rings (SSSR count). The molecular formula is C31H26N2O5S. The minimum absolute atomic E-state index is 0.00668. The molecule has 0 bridgehead atoms. The van der Waals surface area contributed by atoms with E-state index in [1.54, 1.807) is 12.1 Å². The minimum Gasteiger partial charge on any atom is -0.493 e. The van der Waals surface area contributed by atoms with Gasteiger partial charge in [-0.05, 0) is 46.5 Å². The summed E-state index contributed by atoms with van der Waals surface area (Å²) in [6.45, 7) is 0. The molecule has 6 aromatic rings. The zero-order chi connectivity index (χ0) is 27.4. The highest BCUT2D eigenvalue weighted by Gasteiger charge is 2.24. The van der Waals surface area contributed by atoms with E-state index in [-0.39, 0.29) is 16.4 Å². The van der Waals surface area contributed by atoms with E-state index in [0.717, 1.165) is 27.8 Å². The van der Waals surface area contributed by atoms with Crippen molar-refractivity contribution in [2.24, 2.45) is 0 Å². The van der Waals surface area contributed by atoms with Crippen LogP contribution in [0.15, 0.2) is 120 Å². The SMILES string of the molecule is COc1cc2cc3ccccc3cc2c(S(=O)(=O)O)c1OC.c1ccc(-c2nccn2-c2ccccc2)cc1. The average Bonchev–Trinajstić information content (AvgIpc) is 3.46. The molecule has 1 aromatic heterocycles. The average molecular weight is 539 g/mol. The van der Waals surface area contributed by atoms with Crippen molar-refractivity contribution in [3.63, 3.8) is 0 Å². The number of aromatic nitrogens is 2. The molecule has 0 saturated carbocycles. The van der Waals surface area contributed by atoms with Crippen LogP contribution >= 0.6 is 0 Å². The number of benzene rings is 5. The van der Waals surface area contributed by atoms with Crippen molar-refractivity contribution in [2.45, 2.75) is 4.90 Å². The number of methoxy groups -OCH3 is 2.